The summed E-state index contributed by atoms with van der Waals surface area (Å²) in [5, 5.41) is 18.8. The van der Waals surface area contributed by atoms with Crippen molar-refractivity contribution in [2.24, 2.45) is 5.92 Å². The molecule has 0 bridgehead atoms. The SMILES string of the molecule is CC(C)C[C@H](C(=O)O)N(C)C(=O)C1CCCN1C(=O)[C@H](C)O. The van der Waals surface area contributed by atoms with Crippen LogP contribution in [0, 0.1) is 5.92 Å². The van der Waals surface area contributed by atoms with Gasteiger partial charge in [0.1, 0.15) is 18.2 Å². The summed E-state index contributed by atoms with van der Waals surface area (Å²) in [7, 11) is 1.47. The van der Waals surface area contributed by atoms with E-state index in [1.165, 1.54) is 23.8 Å². The van der Waals surface area contributed by atoms with E-state index in [0.717, 1.165) is 0 Å². The van der Waals surface area contributed by atoms with Gasteiger partial charge in [0.05, 0.1) is 0 Å². The van der Waals surface area contributed by atoms with Gasteiger partial charge in [0.15, 0.2) is 0 Å². The van der Waals surface area contributed by atoms with Crippen LogP contribution in [0.2, 0.25) is 0 Å². The maximum Gasteiger partial charge on any atom is 0.326 e. The second kappa shape index (κ2) is 7.58. The highest BCUT2D eigenvalue weighted by atomic mass is 16.4. The summed E-state index contributed by atoms with van der Waals surface area (Å²) in [4.78, 5) is 38.5. The Hall–Kier alpha value is -1.63. The van der Waals surface area contributed by atoms with E-state index < -0.39 is 30.1 Å². The van der Waals surface area contributed by atoms with Crippen molar-refractivity contribution in [1.29, 1.82) is 0 Å². The summed E-state index contributed by atoms with van der Waals surface area (Å²) in [5.41, 5.74) is 0. The second-order valence-corrected chi connectivity index (χ2v) is 6.30. The maximum absolute atomic E-state index is 12.6. The molecule has 1 rings (SSSR count). The molecular formula is C15H26N2O5. The third-order valence-electron chi connectivity index (χ3n) is 3.97. The average Bonchev–Trinajstić information content (AvgIpc) is 2.90. The molecule has 3 atom stereocenters. The number of carbonyl (C=O) groups excluding carboxylic acids is 2. The minimum atomic E-state index is -1.16. The van der Waals surface area contributed by atoms with Gasteiger partial charge in [0.25, 0.3) is 5.91 Å². The van der Waals surface area contributed by atoms with Crippen LogP contribution < -0.4 is 0 Å². The number of likely N-dealkylation sites (N-methyl/N-ethyl adjacent to an activating group) is 1. The van der Waals surface area contributed by atoms with Crippen molar-refractivity contribution in [1.82, 2.24) is 9.80 Å². The summed E-state index contributed by atoms with van der Waals surface area (Å²) < 4.78 is 0. The lowest BCUT2D eigenvalue weighted by molar-refractivity contribution is -0.154. The van der Waals surface area contributed by atoms with E-state index in [1.54, 1.807) is 0 Å². The van der Waals surface area contributed by atoms with E-state index in [-0.39, 0.29) is 11.8 Å². The van der Waals surface area contributed by atoms with Crippen LogP contribution in [0.25, 0.3) is 0 Å². The van der Waals surface area contributed by atoms with Crippen LogP contribution in [0.1, 0.15) is 40.0 Å². The molecule has 2 amide bonds. The first kappa shape index (κ1) is 18.4. The van der Waals surface area contributed by atoms with Crippen molar-refractivity contribution in [2.45, 2.75) is 58.2 Å². The van der Waals surface area contributed by atoms with Crippen LogP contribution in [0.5, 0.6) is 0 Å². The minimum absolute atomic E-state index is 0.134. The lowest BCUT2D eigenvalue weighted by atomic mass is 10.0. The Morgan fingerprint density at radius 1 is 1.27 bits per heavy atom. The van der Waals surface area contributed by atoms with Crippen LogP contribution in [0.15, 0.2) is 0 Å². The largest absolute Gasteiger partial charge is 0.480 e. The Labute approximate surface area is 130 Å². The Kier molecular flexibility index (Phi) is 6.34. The number of hydrogen-bond donors (Lipinski definition) is 2. The molecule has 0 aromatic heterocycles. The van der Waals surface area contributed by atoms with Gasteiger partial charge >= 0.3 is 5.97 Å². The lowest BCUT2D eigenvalue weighted by Gasteiger charge is -2.32. The molecule has 1 fully saturated rings. The number of aliphatic hydroxyl groups is 1. The Bertz CT molecular complexity index is 436. The summed E-state index contributed by atoms with van der Waals surface area (Å²) >= 11 is 0. The molecule has 0 saturated carbocycles. The van der Waals surface area contributed by atoms with E-state index >= 15 is 0 Å². The molecule has 1 heterocycles. The van der Waals surface area contributed by atoms with Gasteiger partial charge in [-0.15, -0.1) is 0 Å². The summed E-state index contributed by atoms with van der Waals surface area (Å²) in [6, 6.07) is -1.59. The molecule has 0 spiro atoms. The smallest absolute Gasteiger partial charge is 0.326 e. The Balaban J connectivity index is 2.88. The molecule has 7 nitrogen and oxygen atoms in total. The van der Waals surface area contributed by atoms with Crippen molar-refractivity contribution in [2.75, 3.05) is 13.6 Å². The third-order valence-corrected chi connectivity index (χ3v) is 3.97. The number of aliphatic carboxylic acids is 1. The first-order valence-corrected chi connectivity index (χ1v) is 7.64. The highest BCUT2D eigenvalue weighted by Gasteiger charge is 2.39. The molecule has 2 N–H and O–H groups in total. The van der Waals surface area contributed by atoms with Crippen LogP contribution in [0.3, 0.4) is 0 Å². The zero-order valence-electron chi connectivity index (χ0n) is 13.7. The first-order chi connectivity index (χ1) is 10.2. The average molecular weight is 314 g/mol. The van der Waals surface area contributed by atoms with Crippen molar-refractivity contribution in [3.05, 3.63) is 0 Å². The quantitative estimate of drug-likeness (QED) is 0.735. The van der Waals surface area contributed by atoms with Gasteiger partial charge in [-0.2, -0.15) is 0 Å². The monoisotopic (exact) mass is 314 g/mol. The fourth-order valence-corrected chi connectivity index (χ4v) is 2.79. The summed E-state index contributed by atoms with van der Waals surface area (Å²) in [6.07, 6.45) is 0.360. The molecule has 1 aliphatic heterocycles. The summed E-state index contributed by atoms with van der Waals surface area (Å²) in [6.45, 7) is 5.57. The molecule has 22 heavy (non-hydrogen) atoms. The van der Waals surface area contributed by atoms with E-state index in [1.807, 2.05) is 13.8 Å². The number of nitrogens with zero attached hydrogens (tertiary/aromatic N) is 2. The highest BCUT2D eigenvalue weighted by molar-refractivity contribution is 5.91. The summed E-state index contributed by atoms with van der Waals surface area (Å²) in [5.74, 6) is -1.77. The van der Waals surface area contributed by atoms with Gasteiger partial charge in [-0.3, -0.25) is 9.59 Å². The number of hydrogen-bond acceptors (Lipinski definition) is 4. The van der Waals surface area contributed by atoms with Gasteiger partial charge < -0.3 is 20.0 Å². The van der Waals surface area contributed by atoms with E-state index in [2.05, 4.69) is 0 Å². The van der Waals surface area contributed by atoms with Crippen LogP contribution in [0.4, 0.5) is 0 Å². The number of carbonyl (C=O) groups is 3. The molecule has 0 aromatic rings. The molecular weight excluding hydrogens is 288 g/mol. The number of carboxylic acids is 1. The zero-order chi connectivity index (χ0) is 17.0. The Morgan fingerprint density at radius 3 is 2.32 bits per heavy atom. The van der Waals surface area contributed by atoms with Gasteiger partial charge in [-0.25, -0.2) is 4.79 Å². The zero-order valence-corrected chi connectivity index (χ0v) is 13.7. The molecule has 1 aliphatic rings. The fraction of sp³-hybridized carbons (Fsp3) is 0.800. The van der Waals surface area contributed by atoms with Gasteiger partial charge in [0, 0.05) is 13.6 Å². The minimum Gasteiger partial charge on any atom is -0.480 e. The first-order valence-electron chi connectivity index (χ1n) is 7.64. The predicted molar refractivity (Wildman–Crippen MR) is 80.1 cm³/mol. The molecule has 0 radical (unpaired) electrons. The number of rotatable bonds is 6. The topological polar surface area (TPSA) is 98.2 Å². The lowest BCUT2D eigenvalue weighted by Crippen LogP contribution is -2.53. The van der Waals surface area contributed by atoms with E-state index in [4.69, 9.17) is 0 Å². The number of likely N-dealkylation sites (tertiary alicyclic amines) is 1. The van der Waals surface area contributed by atoms with Gasteiger partial charge in [0.2, 0.25) is 5.91 Å². The highest BCUT2D eigenvalue weighted by Crippen LogP contribution is 2.22. The predicted octanol–water partition coefficient (Wildman–Crippen LogP) is 0.316. The normalized spacial score (nSPS) is 20.8. The Morgan fingerprint density at radius 2 is 1.86 bits per heavy atom. The van der Waals surface area contributed by atoms with E-state index in [0.29, 0.717) is 25.8 Å². The van der Waals surface area contributed by atoms with Crippen LogP contribution in [-0.2, 0) is 14.4 Å². The van der Waals surface area contributed by atoms with Crippen molar-refractivity contribution in [3.8, 4) is 0 Å². The van der Waals surface area contributed by atoms with Crippen molar-refractivity contribution < 1.29 is 24.6 Å². The molecule has 0 aromatic carbocycles. The van der Waals surface area contributed by atoms with E-state index in [9.17, 15) is 24.6 Å². The standard InChI is InChI=1S/C15H26N2O5/c1-9(2)8-12(15(21)22)16(4)14(20)11-6-5-7-17(11)13(19)10(3)18/h9-12,18H,5-8H2,1-4H3,(H,21,22)/t10-,11?,12+/m0/s1. The number of carboxylic acid groups (broad SMARTS) is 1. The van der Waals surface area contributed by atoms with Crippen LogP contribution >= 0.6 is 0 Å². The van der Waals surface area contributed by atoms with Gasteiger partial charge in [-0.05, 0) is 32.1 Å². The third kappa shape index (κ3) is 4.19. The molecule has 7 heteroatoms. The van der Waals surface area contributed by atoms with Crippen LogP contribution in [-0.4, -0.2) is 69.6 Å². The van der Waals surface area contributed by atoms with Gasteiger partial charge in [-0.1, -0.05) is 13.8 Å². The molecule has 126 valence electrons. The van der Waals surface area contributed by atoms with Crippen molar-refractivity contribution in [3.63, 3.8) is 0 Å². The second-order valence-electron chi connectivity index (χ2n) is 6.30. The fourth-order valence-electron chi connectivity index (χ4n) is 2.79. The molecule has 1 unspecified atom stereocenters. The number of amides is 2. The molecule has 0 aliphatic carbocycles. The molecule has 1 saturated heterocycles. The van der Waals surface area contributed by atoms with Crippen molar-refractivity contribution >= 4 is 17.8 Å². The number of aliphatic hydroxyl groups excluding tert-OH is 1. The maximum atomic E-state index is 12.6.